The van der Waals surface area contributed by atoms with Gasteiger partial charge in [0.05, 0.1) is 0 Å². The summed E-state index contributed by atoms with van der Waals surface area (Å²) in [5.41, 5.74) is 0. The molecule has 8 heavy (non-hydrogen) atoms. The lowest BCUT2D eigenvalue weighted by atomic mass is 10.6. The van der Waals surface area contributed by atoms with Gasteiger partial charge in [-0.25, -0.2) is 0 Å². The highest BCUT2D eigenvalue weighted by atomic mass is 79.9. The summed E-state index contributed by atoms with van der Waals surface area (Å²) in [6.45, 7) is 0. The number of allylic oxidation sites excluding steroid dienone is 2. The van der Waals surface area contributed by atoms with Crippen molar-refractivity contribution in [2.45, 2.75) is 0 Å². The summed E-state index contributed by atoms with van der Waals surface area (Å²) >= 11 is 5.70. The van der Waals surface area contributed by atoms with Crippen molar-refractivity contribution in [1.82, 2.24) is 0 Å². The molecule has 0 aromatic rings. The summed E-state index contributed by atoms with van der Waals surface area (Å²) in [5.74, 6) is 0. The lowest BCUT2D eigenvalue weighted by Gasteiger charge is -1.77. The predicted molar refractivity (Wildman–Crippen MR) is 36.1 cm³/mol. The topological polar surface area (TPSA) is 47.6 Å². The molecular formula is C4Br2N2. The molecule has 0 radical (unpaired) electrons. The van der Waals surface area contributed by atoms with Gasteiger partial charge < -0.3 is 0 Å². The number of halogens is 2. The van der Waals surface area contributed by atoms with Gasteiger partial charge in [0.2, 0.25) is 0 Å². The second kappa shape index (κ2) is 3.65. The fourth-order valence-electron chi connectivity index (χ4n) is 0.0982. The first-order chi connectivity index (χ1) is 3.72. The number of rotatable bonds is 0. The molecule has 0 aliphatic rings. The van der Waals surface area contributed by atoms with Crippen LogP contribution in [-0.4, -0.2) is 0 Å². The van der Waals surface area contributed by atoms with Crippen LogP contribution in [0, 0.1) is 22.7 Å². The average Bonchev–Trinajstić information content (AvgIpc) is 1.84. The number of hydrogen-bond acceptors (Lipinski definition) is 2. The molecule has 0 spiro atoms. The smallest absolute Gasteiger partial charge is 0.120 e. The molecule has 40 valence electrons. The Bertz CT molecular complexity index is 171. The third-order valence-electron chi connectivity index (χ3n) is 0.389. The maximum Gasteiger partial charge on any atom is 0.120 e. The monoisotopic (exact) mass is 234 g/mol. The quantitative estimate of drug-likeness (QED) is 0.604. The zero-order valence-electron chi connectivity index (χ0n) is 3.65. The molecule has 2 nitrogen and oxygen atoms in total. The first kappa shape index (κ1) is 7.68. The predicted octanol–water partition coefficient (Wildman–Crippen LogP) is 2.03. The maximum absolute atomic E-state index is 8.10. The Hall–Kier alpha value is -0.320. The van der Waals surface area contributed by atoms with Crippen molar-refractivity contribution in [2.24, 2.45) is 0 Å². The second-order valence-electron chi connectivity index (χ2n) is 0.852. The van der Waals surface area contributed by atoms with E-state index in [9.17, 15) is 0 Å². The van der Waals surface area contributed by atoms with Crippen LogP contribution in [0.15, 0.2) is 8.96 Å². The molecule has 0 atom stereocenters. The third-order valence-corrected chi connectivity index (χ3v) is 2.07. The second-order valence-corrected chi connectivity index (χ2v) is 2.44. The van der Waals surface area contributed by atoms with Crippen LogP contribution in [0.4, 0.5) is 0 Å². The summed E-state index contributed by atoms with van der Waals surface area (Å²) in [4.78, 5) is 0. The molecule has 0 aliphatic heterocycles. The molecule has 0 aliphatic carbocycles. The molecule has 4 heteroatoms. The molecule has 0 bridgehead atoms. The standard InChI is InChI=1S/C4Br2N2/c5-3(1-7)4(6)2-8/b4-3-. The summed E-state index contributed by atoms with van der Waals surface area (Å²) in [6.07, 6.45) is 0. The number of nitriles is 2. The summed E-state index contributed by atoms with van der Waals surface area (Å²) in [7, 11) is 0. The van der Waals surface area contributed by atoms with Crippen LogP contribution in [0.5, 0.6) is 0 Å². The first-order valence-corrected chi connectivity index (χ1v) is 3.16. The highest BCUT2D eigenvalue weighted by molar-refractivity contribution is 9.14. The number of hydrogen-bond donors (Lipinski definition) is 0. The van der Waals surface area contributed by atoms with E-state index in [-0.39, 0.29) is 8.96 Å². The first-order valence-electron chi connectivity index (χ1n) is 1.58. The van der Waals surface area contributed by atoms with Crippen molar-refractivity contribution in [3.8, 4) is 12.1 Å². The van der Waals surface area contributed by atoms with Crippen molar-refractivity contribution < 1.29 is 0 Å². The van der Waals surface area contributed by atoms with E-state index in [4.69, 9.17) is 10.5 Å². The summed E-state index contributed by atoms with van der Waals surface area (Å²) in [5, 5.41) is 16.2. The van der Waals surface area contributed by atoms with Gasteiger partial charge in [0.1, 0.15) is 21.1 Å². The lowest BCUT2D eigenvalue weighted by molar-refractivity contribution is 1.51. The van der Waals surface area contributed by atoms with Gasteiger partial charge in [0.25, 0.3) is 0 Å². The Morgan fingerprint density at radius 3 is 1.38 bits per heavy atom. The molecule has 0 amide bonds. The van der Waals surface area contributed by atoms with Crippen LogP contribution in [-0.2, 0) is 0 Å². The fourth-order valence-corrected chi connectivity index (χ4v) is 0.275. The highest BCUT2D eigenvalue weighted by Crippen LogP contribution is 2.14. The summed E-state index contributed by atoms with van der Waals surface area (Å²) < 4.78 is 0.444. The molecular weight excluding hydrogens is 236 g/mol. The maximum atomic E-state index is 8.10. The molecule has 0 aromatic carbocycles. The van der Waals surface area contributed by atoms with Gasteiger partial charge in [0.15, 0.2) is 0 Å². The fraction of sp³-hybridized carbons (Fsp3) is 0. The van der Waals surface area contributed by atoms with Crippen LogP contribution >= 0.6 is 31.9 Å². The number of nitrogens with zero attached hydrogens (tertiary/aromatic N) is 2. The minimum atomic E-state index is 0.222. The molecule has 0 unspecified atom stereocenters. The van der Waals surface area contributed by atoms with Crippen molar-refractivity contribution in [1.29, 1.82) is 10.5 Å². The lowest BCUT2D eigenvalue weighted by Crippen LogP contribution is -1.64. The Balaban J connectivity index is 4.41. The Morgan fingerprint density at radius 2 is 1.25 bits per heavy atom. The van der Waals surface area contributed by atoms with E-state index in [0.29, 0.717) is 0 Å². The van der Waals surface area contributed by atoms with Gasteiger partial charge in [-0.2, -0.15) is 10.5 Å². The average molecular weight is 236 g/mol. The molecule has 0 aromatic heterocycles. The van der Waals surface area contributed by atoms with Crippen LogP contribution < -0.4 is 0 Å². The largest absolute Gasteiger partial charge is 0.192 e. The SMILES string of the molecule is N#C/C(Br)=C(/Br)C#N. The van der Waals surface area contributed by atoms with Crippen LogP contribution in [0.3, 0.4) is 0 Å². The Labute approximate surface area is 63.7 Å². The van der Waals surface area contributed by atoms with Gasteiger partial charge in [-0.1, -0.05) is 0 Å². The molecule has 0 saturated heterocycles. The molecule has 0 fully saturated rings. The minimum absolute atomic E-state index is 0.222. The van der Waals surface area contributed by atoms with E-state index < -0.39 is 0 Å². The third kappa shape index (κ3) is 2.11. The van der Waals surface area contributed by atoms with Crippen molar-refractivity contribution >= 4 is 31.9 Å². The van der Waals surface area contributed by atoms with Crippen molar-refractivity contribution in [3.05, 3.63) is 8.96 Å². The zero-order valence-corrected chi connectivity index (χ0v) is 6.82. The van der Waals surface area contributed by atoms with E-state index >= 15 is 0 Å². The Morgan fingerprint density at radius 1 is 1.00 bits per heavy atom. The zero-order chi connectivity index (χ0) is 6.57. The van der Waals surface area contributed by atoms with Gasteiger partial charge in [-0.05, 0) is 31.9 Å². The van der Waals surface area contributed by atoms with E-state index in [2.05, 4.69) is 31.9 Å². The normalized spacial score (nSPS) is 11.0. The van der Waals surface area contributed by atoms with Gasteiger partial charge in [-0.15, -0.1) is 0 Å². The van der Waals surface area contributed by atoms with E-state index in [1.54, 1.807) is 12.1 Å². The van der Waals surface area contributed by atoms with E-state index in [1.807, 2.05) is 0 Å². The minimum Gasteiger partial charge on any atom is -0.192 e. The molecule has 0 N–H and O–H groups in total. The van der Waals surface area contributed by atoms with Gasteiger partial charge in [0, 0.05) is 0 Å². The van der Waals surface area contributed by atoms with Crippen molar-refractivity contribution in [3.63, 3.8) is 0 Å². The van der Waals surface area contributed by atoms with Gasteiger partial charge in [-0.3, -0.25) is 0 Å². The molecule has 0 rings (SSSR count). The van der Waals surface area contributed by atoms with Gasteiger partial charge >= 0.3 is 0 Å². The Kier molecular flexibility index (Phi) is 3.51. The molecule has 0 heterocycles. The van der Waals surface area contributed by atoms with E-state index in [1.165, 1.54) is 0 Å². The van der Waals surface area contributed by atoms with Crippen LogP contribution in [0.1, 0.15) is 0 Å². The van der Waals surface area contributed by atoms with Crippen LogP contribution in [0.2, 0.25) is 0 Å². The molecule has 0 saturated carbocycles. The van der Waals surface area contributed by atoms with E-state index in [0.717, 1.165) is 0 Å². The highest BCUT2D eigenvalue weighted by Gasteiger charge is 1.94. The van der Waals surface area contributed by atoms with Crippen molar-refractivity contribution in [2.75, 3.05) is 0 Å². The summed E-state index contributed by atoms with van der Waals surface area (Å²) in [6, 6.07) is 3.49. The van der Waals surface area contributed by atoms with Crippen LogP contribution in [0.25, 0.3) is 0 Å².